The lowest BCUT2D eigenvalue weighted by atomic mass is 10.2. The first-order chi connectivity index (χ1) is 12.0. The number of nitrogens with one attached hydrogen (secondary N) is 1. The second-order valence-corrected chi connectivity index (χ2v) is 6.78. The van der Waals surface area contributed by atoms with Crippen LogP contribution < -0.4 is 5.32 Å². The van der Waals surface area contributed by atoms with E-state index < -0.39 is 6.04 Å². The fraction of sp³-hybridized carbons (Fsp3) is 0.278. The summed E-state index contributed by atoms with van der Waals surface area (Å²) in [5, 5.41) is 3.64. The number of carbonyl (C=O) groups excluding carboxylic acids is 2. The highest BCUT2D eigenvalue weighted by molar-refractivity contribution is 6.35. The standard InChI is InChI=1S/C18H17Cl2N3O2/c1-11-4-2-5-14(21-11)18(25)23-9-3-6-16(23)17(24)22-15-10-12(19)7-8-13(15)20/h2,4-5,7-8,10,16H,3,6,9H2,1H3,(H,22,24). The summed E-state index contributed by atoms with van der Waals surface area (Å²) in [4.78, 5) is 31.2. The average Bonchev–Trinajstić information content (AvgIpc) is 3.07. The molecule has 0 radical (unpaired) electrons. The van der Waals surface area contributed by atoms with E-state index in [4.69, 9.17) is 23.2 Å². The third-order valence-corrected chi connectivity index (χ3v) is 4.67. The van der Waals surface area contributed by atoms with Gasteiger partial charge in [-0.05, 0) is 50.1 Å². The Morgan fingerprint density at radius 3 is 2.80 bits per heavy atom. The molecule has 1 unspecified atom stereocenters. The van der Waals surface area contributed by atoms with Crippen LogP contribution in [0, 0.1) is 6.92 Å². The highest BCUT2D eigenvalue weighted by Crippen LogP contribution is 2.27. The number of pyridine rings is 1. The highest BCUT2D eigenvalue weighted by Gasteiger charge is 2.35. The van der Waals surface area contributed by atoms with Gasteiger partial charge in [0.1, 0.15) is 11.7 Å². The molecule has 3 rings (SSSR count). The van der Waals surface area contributed by atoms with Gasteiger partial charge in [0.2, 0.25) is 5.91 Å². The van der Waals surface area contributed by atoms with Gasteiger partial charge >= 0.3 is 0 Å². The van der Waals surface area contributed by atoms with Crippen molar-refractivity contribution < 1.29 is 9.59 Å². The molecule has 1 atom stereocenters. The molecule has 130 valence electrons. The largest absolute Gasteiger partial charge is 0.325 e. The molecule has 1 aromatic heterocycles. The molecule has 2 amide bonds. The summed E-state index contributed by atoms with van der Waals surface area (Å²) in [7, 11) is 0. The predicted molar refractivity (Wildman–Crippen MR) is 98.1 cm³/mol. The van der Waals surface area contributed by atoms with Crippen molar-refractivity contribution in [2.24, 2.45) is 0 Å². The van der Waals surface area contributed by atoms with Crippen molar-refractivity contribution in [1.29, 1.82) is 0 Å². The molecular formula is C18H17Cl2N3O2. The zero-order chi connectivity index (χ0) is 18.0. The monoisotopic (exact) mass is 377 g/mol. The summed E-state index contributed by atoms with van der Waals surface area (Å²) in [6.45, 7) is 2.35. The second kappa shape index (κ2) is 7.42. The molecule has 0 aliphatic carbocycles. The Hall–Kier alpha value is -2.11. The van der Waals surface area contributed by atoms with Crippen LogP contribution in [0.2, 0.25) is 10.0 Å². The Bertz CT molecular complexity index is 826. The summed E-state index contributed by atoms with van der Waals surface area (Å²) in [5.41, 5.74) is 1.55. The second-order valence-electron chi connectivity index (χ2n) is 5.93. The van der Waals surface area contributed by atoms with Crippen LogP contribution in [0.4, 0.5) is 5.69 Å². The van der Waals surface area contributed by atoms with E-state index in [9.17, 15) is 9.59 Å². The van der Waals surface area contributed by atoms with Crippen molar-refractivity contribution in [2.75, 3.05) is 11.9 Å². The highest BCUT2D eigenvalue weighted by atomic mass is 35.5. The first-order valence-electron chi connectivity index (χ1n) is 7.96. The van der Waals surface area contributed by atoms with Gasteiger partial charge in [-0.15, -0.1) is 0 Å². The third kappa shape index (κ3) is 3.94. The number of aryl methyl sites for hydroxylation is 1. The van der Waals surface area contributed by atoms with Crippen LogP contribution in [0.25, 0.3) is 0 Å². The average molecular weight is 378 g/mol. The maximum Gasteiger partial charge on any atom is 0.273 e. The lowest BCUT2D eigenvalue weighted by molar-refractivity contribution is -0.119. The maximum absolute atomic E-state index is 12.7. The van der Waals surface area contributed by atoms with Gasteiger partial charge in [0.25, 0.3) is 5.91 Å². The van der Waals surface area contributed by atoms with Crippen molar-refractivity contribution in [2.45, 2.75) is 25.8 Å². The van der Waals surface area contributed by atoms with E-state index in [0.29, 0.717) is 34.4 Å². The first kappa shape index (κ1) is 17.7. The predicted octanol–water partition coefficient (Wildman–Crippen LogP) is 3.94. The zero-order valence-electron chi connectivity index (χ0n) is 13.6. The van der Waals surface area contributed by atoms with Gasteiger partial charge < -0.3 is 10.2 Å². The fourth-order valence-electron chi connectivity index (χ4n) is 2.90. The van der Waals surface area contributed by atoms with E-state index in [2.05, 4.69) is 10.3 Å². The molecular weight excluding hydrogens is 361 g/mol. The summed E-state index contributed by atoms with van der Waals surface area (Å²) >= 11 is 12.0. The maximum atomic E-state index is 12.7. The zero-order valence-corrected chi connectivity index (χ0v) is 15.1. The van der Waals surface area contributed by atoms with E-state index in [-0.39, 0.29) is 11.8 Å². The van der Waals surface area contributed by atoms with E-state index in [1.165, 1.54) is 0 Å². The summed E-state index contributed by atoms with van der Waals surface area (Å²) in [6.07, 6.45) is 1.36. The van der Waals surface area contributed by atoms with Crippen molar-refractivity contribution in [3.63, 3.8) is 0 Å². The van der Waals surface area contributed by atoms with Gasteiger partial charge in [-0.25, -0.2) is 4.98 Å². The minimum atomic E-state index is -0.551. The Morgan fingerprint density at radius 2 is 2.04 bits per heavy atom. The summed E-state index contributed by atoms with van der Waals surface area (Å²) < 4.78 is 0. The van der Waals surface area contributed by atoms with Crippen LogP contribution in [0.1, 0.15) is 29.0 Å². The van der Waals surface area contributed by atoms with E-state index >= 15 is 0 Å². The SMILES string of the molecule is Cc1cccc(C(=O)N2CCCC2C(=O)Nc2cc(Cl)ccc2Cl)n1. The number of aromatic nitrogens is 1. The molecule has 7 heteroatoms. The molecule has 1 aliphatic heterocycles. The number of anilines is 1. The van der Waals surface area contributed by atoms with Crippen LogP contribution in [-0.2, 0) is 4.79 Å². The van der Waals surface area contributed by atoms with E-state index in [1.807, 2.05) is 13.0 Å². The number of hydrogen-bond acceptors (Lipinski definition) is 3. The molecule has 2 heterocycles. The van der Waals surface area contributed by atoms with Gasteiger partial charge in [0.05, 0.1) is 10.7 Å². The Kier molecular flexibility index (Phi) is 5.25. The van der Waals surface area contributed by atoms with Crippen molar-refractivity contribution in [3.8, 4) is 0 Å². The quantitative estimate of drug-likeness (QED) is 0.880. The van der Waals surface area contributed by atoms with Gasteiger partial charge in [-0.2, -0.15) is 0 Å². The third-order valence-electron chi connectivity index (χ3n) is 4.11. The number of halogens is 2. The molecule has 1 aromatic carbocycles. The molecule has 1 fully saturated rings. The molecule has 0 spiro atoms. The molecule has 1 N–H and O–H groups in total. The van der Waals surface area contributed by atoms with Gasteiger partial charge in [-0.1, -0.05) is 29.3 Å². The number of carbonyl (C=O) groups is 2. The Morgan fingerprint density at radius 1 is 1.24 bits per heavy atom. The topological polar surface area (TPSA) is 62.3 Å². The fourth-order valence-corrected chi connectivity index (χ4v) is 3.24. The normalized spacial score (nSPS) is 16.8. The number of rotatable bonds is 3. The number of likely N-dealkylation sites (tertiary alicyclic amines) is 1. The Balaban J connectivity index is 1.78. The number of hydrogen-bond donors (Lipinski definition) is 1. The van der Waals surface area contributed by atoms with Crippen LogP contribution in [0.5, 0.6) is 0 Å². The van der Waals surface area contributed by atoms with Crippen LogP contribution in [-0.4, -0.2) is 34.3 Å². The molecule has 5 nitrogen and oxygen atoms in total. The van der Waals surface area contributed by atoms with Gasteiger partial charge in [-0.3, -0.25) is 9.59 Å². The van der Waals surface area contributed by atoms with Crippen molar-refractivity contribution in [3.05, 3.63) is 57.8 Å². The lowest BCUT2D eigenvalue weighted by Crippen LogP contribution is -2.43. The van der Waals surface area contributed by atoms with Crippen molar-refractivity contribution >= 4 is 40.7 Å². The minimum absolute atomic E-state index is 0.237. The smallest absolute Gasteiger partial charge is 0.273 e. The van der Waals surface area contributed by atoms with E-state index in [0.717, 1.165) is 12.1 Å². The first-order valence-corrected chi connectivity index (χ1v) is 8.72. The number of benzene rings is 1. The summed E-state index contributed by atoms with van der Waals surface area (Å²) in [6, 6.07) is 9.58. The van der Waals surface area contributed by atoms with Gasteiger partial charge in [0, 0.05) is 17.3 Å². The Labute approximate surface area is 155 Å². The number of amides is 2. The molecule has 2 aromatic rings. The molecule has 0 saturated carbocycles. The molecule has 1 aliphatic rings. The van der Waals surface area contributed by atoms with Gasteiger partial charge in [0.15, 0.2) is 0 Å². The summed E-state index contributed by atoms with van der Waals surface area (Å²) in [5.74, 6) is -0.513. The van der Waals surface area contributed by atoms with Crippen LogP contribution in [0.3, 0.4) is 0 Å². The minimum Gasteiger partial charge on any atom is -0.325 e. The van der Waals surface area contributed by atoms with Crippen LogP contribution >= 0.6 is 23.2 Å². The number of nitrogens with zero attached hydrogens (tertiary/aromatic N) is 2. The molecule has 1 saturated heterocycles. The molecule has 0 bridgehead atoms. The van der Waals surface area contributed by atoms with Crippen LogP contribution in [0.15, 0.2) is 36.4 Å². The molecule has 25 heavy (non-hydrogen) atoms. The lowest BCUT2D eigenvalue weighted by Gasteiger charge is -2.24. The van der Waals surface area contributed by atoms with Crippen molar-refractivity contribution in [1.82, 2.24) is 9.88 Å². The van der Waals surface area contributed by atoms with E-state index in [1.54, 1.807) is 35.2 Å².